The molecular formula is C20H22ClFN6O3. The number of rotatable bonds is 6. The number of hydrogen-bond acceptors (Lipinski definition) is 6. The van der Waals surface area contributed by atoms with Crippen molar-refractivity contribution in [3.8, 4) is 0 Å². The fourth-order valence-corrected chi connectivity index (χ4v) is 5.24. The van der Waals surface area contributed by atoms with Crippen molar-refractivity contribution in [2.45, 2.75) is 31.5 Å². The molecule has 31 heavy (non-hydrogen) atoms. The summed E-state index contributed by atoms with van der Waals surface area (Å²) in [6.45, 7) is 0.149. The Balaban J connectivity index is 1.62. The second-order valence-electron chi connectivity index (χ2n) is 8.05. The van der Waals surface area contributed by atoms with Crippen molar-refractivity contribution in [3.63, 3.8) is 0 Å². The zero-order chi connectivity index (χ0) is 22.3. The molecule has 2 amide bonds. The largest absolute Gasteiger partial charge is 0.465 e. The molecule has 11 heteroatoms. The number of carbonyl (C=O) groups excluding carboxylic acids is 1. The molecule has 0 saturated heterocycles. The summed E-state index contributed by atoms with van der Waals surface area (Å²) in [4.78, 5) is 33.1. The van der Waals surface area contributed by atoms with E-state index in [4.69, 9.17) is 23.1 Å². The Bertz CT molecular complexity index is 1020. The number of carbonyl (C=O) groups is 2. The van der Waals surface area contributed by atoms with Crippen LogP contribution in [0.15, 0.2) is 30.5 Å². The monoisotopic (exact) mass is 448 g/mol. The molecule has 1 aromatic heterocycles. The van der Waals surface area contributed by atoms with Crippen LogP contribution in [0.4, 0.5) is 20.7 Å². The van der Waals surface area contributed by atoms with Gasteiger partial charge in [0.15, 0.2) is 11.6 Å². The van der Waals surface area contributed by atoms with Crippen molar-refractivity contribution in [1.29, 1.82) is 0 Å². The van der Waals surface area contributed by atoms with E-state index in [0.29, 0.717) is 18.5 Å². The molecular weight excluding hydrogens is 427 g/mol. The quantitative estimate of drug-likeness (QED) is 0.391. The van der Waals surface area contributed by atoms with E-state index < -0.39 is 29.8 Å². The van der Waals surface area contributed by atoms with Crippen LogP contribution in [0.2, 0.25) is 5.28 Å². The topological polar surface area (TPSA) is 147 Å². The smallest absolute Gasteiger partial charge is 0.407 e. The Morgan fingerprint density at radius 3 is 2.81 bits per heavy atom. The standard InChI is InChI=1S/C20H22ClFN6O3/c21-19-25-7-13(22)18(27-19)26-16-12-5-10(15(16)17(24)29)6-14(12)28(20(30)31)8-9-2-1-3-11(23)4-9/h1-4,7,10,12,14-16H,5-6,8,23H2,(H2,24,29)(H,30,31)(H,25,26,27)/t10-,12-,14+,15-,16+/m0/s1. The average molecular weight is 449 g/mol. The molecule has 0 spiro atoms. The number of anilines is 2. The van der Waals surface area contributed by atoms with Crippen molar-refractivity contribution in [2.75, 3.05) is 11.1 Å². The third kappa shape index (κ3) is 4.07. The number of carboxylic acid groups (broad SMARTS) is 1. The lowest BCUT2D eigenvalue weighted by atomic mass is 9.80. The average Bonchev–Trinajstić information content (AvgIpc) is 3.27. The third-order valence-electron chi connectivity index (χ3n) is 6.27. The van der Waals surface area contributed by atoms with Crippen LogP contribution < -0.4 is 16.8 Å². The summed E-state index contributed by atoms with van der Waals surface area (Å²) < 4.78 is 14.2. The van der Waals surface area contributed by atoms with Gasteiger partial charge in [-0.15, -0.1) is 0 Å². The molecule has 2 aromatic rings. The summed E-state index contributed by atoms with van der Waals surface area (Å²) >= 11 is 5.79. The Morgan fingerprint density at radius 1 is 1.35 bits per heavy atom. The number of benzene rings is 1. The number of nitrogens with two attached hydrogens (primary N) is 2. The summed E-state index contributed by atoms with van der Waals surface area (Å²) in [5, 5.41) is 12.7. The Hall–Kier alpha value is -3.14. The first kappa shape index (κ1) is 21.1. The molecule has 0 aliphatic heterocycles. The first-order valence-electron chi connectivity index (χ1n) is 9.82. The van der Waals surface area contributed by atoms with Crippen molar-refractivity contribution in [2.24, 2.45) is 23.5 Å². The van der Waals surface area contributed by atoms with Crippen LogP contribution in [0.5, 0.6) is 0 Å². The van der Waals surface area contributed by atoms with Crippen molar-refractivity contribution in [3.05, 3.63) is 47.1 Å². The molecule has 9 nitrogen and oxygen atoms in total. The summed E-state index contributed by atoms with van der Waals surface area (Å²) in [5.74, 6) is -2.32. The zero-order valence-electron chi connectivity index (χ0n) is 16.4. The number of aromatic nitrogens is 2. The lowest BCUT2D eigenvalue weighted by molar-refractivity contribution is -0.123. The van der Waals surface area contributed by atoms with Gasteiger partial charge in [0, 0.05) is 30.2 Å². The maximum Gasteiger partial charge on any atom is 0.407 e. The molecule has 6 N–H and O–H groups in total. The van der Waals surface area contributed by atoms with Crippen LogP contribution in [0.1, 0.15) is 18.4 Å². The van der Waals surface area contributed by atoms with Crippen LogP contribution in [0.3, 0.4) is 0 Å². The summed E-state index contributed by atoms with van der Waals surface area (Å²) in [5.41, 5.74) is 12.8. The van der Waals surface area contributed by atoms with Gasteiger partial charge in [-0.05, 0) is 48.1 Å². The summed E-state index contributed by atoms with van der Waals surface area (Å²) in [6, 6.07) is 6.07. The van der Waals surface area contributed by atoms with Crippen LogP contribution in [-0.2, 0) is 11.3 Å². The lowest BCUT2D eigenvalue weighted by Gasteiger charge is -2.39. The Morgan fingerprint density at radius 2 is 2.13 bits per heavy atom. The van der Waals surface area contributed by atoms with E-state index in [1.54, 1.807) is 24.3 Å². The first-order valence-corrected chi connectivity index (χ1v) is 10.2. The van der Waals surface area contributed by atoms with Crippen molar-refractivity contribution in [1.82, 2.24) is 14.9 Å². The first-order chi connectivity index (χ1) is 14.7. The van der Waals surface area contributed by atoms with Crippen molar-refractivity contribution < 1.29 is 19.1 Å². The summed E-state index contributed by atoms with van der Waals surface area (Å²) in [6.07, 6.45) is 0.950. The molecule has 1 aromatic carbocycles. The number of amides is 2. The van der Waals surface area contributed by atoms with Gasteiger partial charge in [-0.25, -0.2) is 14.2 Å². The van der Waals surface area contributed by atoms with Crippen molar-refractivity contribution >= 4 is 35.1 Å². The number of hydrogen-bond donors (Lipinski definition) is 4. The molecule has 4 rings (SSSR count). The molecule has 164 valence electrons. The molecule has 2 fully saturated rings. The minimum atomic E-state index is -1.08. The molecule has 5 atom stereocenters. The van der Waals surface area contributed by atoms with Gasteiger partial charge < -0.3 is 26.8 Å². The number of primary amides is 1. The second-order valence-corrected chi connectivity index (χ2v) is 8.39. The van der Waals surface area contributed by atoms with E-state index in [9.17, 15) is 19.1 Å². The molecule has 0 unspecified atom stereocenters. The highest BCUT2D eigenvalue weighted by Gasteiger charge is 2.57. The van der Waals surface area contributed by atoms with E-state index in [0.717, 1.165) is 11.8 Å². The van der Waals surface area contributed by atoms with Gasteiger partial charge >= 0.3 is 6.09 Å². The predicted octanol–water partition coefficient (Wildman–Crippen LogP) is 2.32. The van der Waals surface area contributed by atoms with Gasteiger partial charge in [-0.1, -0.05) is 12.1 Å². The Labute approximate surface area is 182 Å². The predicted molar refractivity (Wildman–Crippen MR) is 112 cm³/mol. The minimum absolute atomic E-state index is 0.118. The number of nitrogens with zero attached hydrogens (tertiary/aromatic N) is 3. The molecule has 1 heterocycles. The fourth-order valence-electron chi connectivity index (χ4n) is 5.11. The van der Waals surface area contributed by atoms with E-state index in [1.165, 1.54) is 4.90 Å². The molecule has 2 bridgehead atoms. The van der Waals surface area contributed by atoms with Gasteiger partial charge in [0.25, 0.3) is 0 Å². The number of fused-ring (bicyclic) bond motifs is 2. The zero-order valence-corrected chi connectivity index (χ0v) is 17.2. The Kier molecular flexibility index (Phi) is 5.57. The van der Waals surface area contributed by atoms with Crippen LogP contribution in [0, 0.1) is 23.6 Å². The fraction of sp³-hybridized carbons (Fsp3) is 0.400. The molecule has 2 aliphatic carbocycles. The summed E-state index contributed by atoms with van der Waals surface area (Å²) in [7, 11) is 0. The van der Waals surface area contributed by atoms with Gasteiger partial charge in [0.05, 0.1) is 12.1 Å². The highest BCUT2D eigenvalue weighted by molar-refractivity contribution is 6.28. The number of nitrogen functional groups attached to an aromatic ring is 1. The molecule has 0 radical (unpaired) electrons. The van der Waals surface area contributed by atoms with E-state index in [1.807, 2.05) is 0 Å². The molecule has 2 saturated carbocycles. The van der Waals surface area contributed by atoms with Gasteiger partial charge in [-0.3, -0.25) is 4.79 Å². The van der Waals surface area contributed by atoms with E-state index >= 15 is 0 Å². The number of halogens is 2. The third-order valence-corrected chi connectivity index (χ3v) is 6.45. The maximum atomic E-state index is 14.2. The molecule has 2 aliphatic rings. The van der Waals surface area contributed by atoms with Gasteiger partial charge in [0.2, 0.25) is 11.2 Å². The van der Waals surface area contributed by atoms with Crippen LogP contribution in [0.25, 0.3) is 0 Å². The highest BCUT2D eigenvalue weighted by Crippen LogP contribution is 2.51. The maximum absolute atomic E-state index is 14.2. The van der Waals surface area contributed by atoms with Gasteiger partial charge in [-0.2, -0.15) is 4.98 Å². The minimum Gasteiger partial charge on any atom is -0.465 e. The van der Waals surface area contributed by atoms with Gasteiger partial charge in [0.1, 0.15) is 0 Å². The second kappa shape index (κ2) is 8.18. The van der Waals surface area contributed by atoms with E-state index in [2.05, 4.69) is 15.3 Å². The van der Waals surface area contributed by atoms with Crippen LogP contribution in [-0.4, -0.2) is 44.1 Å². The van der Waals surface area contributed by atoms with E-state index in [-0.39, 0.29) is 35.5 Å². The SMILES string of the molecule is NC(=O)[C@H]1[C@H]2C[C@H]([C@H]1Nc1nc(Cl)ncc1F)[C@H](N(Cc1cccc(N)c1)C(=O)O)C2. The normalized spacial score (nSPS) is 26.6. The number of nitrogens with one attached hydrogen (secondary N) is 1. The highest BCUT2D eigenvalue weighted by atomic mass is 35.5. The van der Waals surface area contributed by atoms with Crippen LogP contribution >= 0.6 is 11.6 Å². The lowest BCUT2D eigenvalue weighted by Crippen LogP contribution is -2.52.